The maximum Gasteiger partial charge on any atom is 0.311 e. The van der Waals surface area contributed by atoms with E-state index in [0.717, 1.165) is 12.1 Å². The zero-order chi connectivity index (χ0) is 10.6. The van der Waals surface area contributed by atoms with Gasteiger partial charge in [0.2, 0.25) is 0 Å². The fourth-order valence-corrected chi connectivity index (χ4v) is 1.19. The molecule has 0 saturated carbocycles. The van der Waals surface area contributed by atoms with Crippen molar-refractivity contribution in [2.45, 2.75) is 26.7 Å². The third-order valence-electron chi connectivity index (χ3n) is 1.69. The van der Waals surface area contributed by atoms with Crippen molar-refractivity contribution in [3.63, 3.8) is 0 Å². The molecule has 1 heterocycles. The molecule has 0 aromatic carbocycles. The summed E-state index contributed by atoms with van der Waals surface area (Å²) < 4.78 is 0. The molecule has 4 nitrogen and oxygen atoms in total. The monoisotopic (exact) mass is 194 g/mol. The zero-order valence-corrected chi connectivity index (χ0v) is 8.40. The van der Waals surface area contributed by atoms with E-state index >= 15 is 0 Å². The fourth-order valence-electron chi connectivity index (χ4n) is 1.19. The molecule has 14 heavy (non-hydrogen) atoms. The first-order valence-electron chi connectivity index (χ1n) is 4.60. The molecule has 0 aliphatic carbocycles. The molecule has 0 bridgehead atoms. The van der Waals surface area contributed by atoms with Crippen LogP contribution in [0.5, 0.6) is 0 Å². The van der Waals surface area contributed by atoms with Crippen LogP contribution < -0.4 is 0 Å². The standard InChI is InChI=1S/C10H14N2O2/c1-7(2)5-8-3-4-11-9(12-8)6-10(13)14/h3-4,7H,5-6H2,1-2H3,(H,13,14). The van der Waals surface area contributed by atoms with Crippen LogP contribution in [0.2, 0.25) is 0 Å². The summed E-state index contributed by atoms with van der Waals surface area (Å²) in [6.07, 6.45) is 2.37. The predicted octanol–water partition coefficient (Wildman–Crippen LogP) is 1.30. The van der Waals surface area contributed by atoms with Gasteiger partial charge in [0, 0.05) is 11.9 Å². The Bertz CT molecular complexity index is 324. The fraction of sp³-hybridized carbons (Fsp3) is 0.500. The molecular weight excluding hydrogens is 180 g/mol. The molecule has 0 saturated heterocycles. The topological polar surface area (TPSA) is 63.1 Å². The molecular formula is C10H14N2O2. The minimum Gasteiger partial charge on any atom is -0.481 e. The van der Waals surface area contributed by atoms with E-state index in [1.54, 1.807) is 6.20 Å². The number of nitrogens with zero attached hydrogens (tertiary/aromatic N) is 2. The van der Waals surface area contributed by atoms with Crippen LogP contribution in [-0.4, -0.2) is 21.0 Å². The Labute approximate surface area is 83.0 Å². The van der Waals surface area contributed by atoms with E-state index in [-0.39, 0.29) is 6.42 Å². The largest absolute Gasteiger partial charge is 0.481 e. The van der Waals surface area contributed by atoms with Crippen LogP contribution in [0.1, 0.15) is 25.4 Å². The first kappa shape index (κ1) is 10.6. The van der Waals surface area contributed by atoms with E-state index in [1.807, 2.05) is 6.07 Å². The summed E-state index contributed by atoms with van der Waals surface area (Å²) in [7, 11) is 0. The minimum absolute atomic E-state index is 0.105. The number of hydrogen-bond donors (Lipinski definition) is 1. The molecule has 0 atom stereocenters. The van der Waals surface area contributed by atoms with Crippen LogP contribution >= 0.6 is 0 Å². The van der Waals surface area contributed by atoms with E-state index in [9.17, 15) is 4.79 Å². The van der Waals surface area contributed by atoms with Crippen molar-refractivity contribution >= 4 is 5.97 Å². The molecule has 0 spiro atoms. The lowest BCUT2D eigenvalue weighted by molar-refractivity contribution is -0.136. The number of carboxylic acids is 1. The van der Waals surface area contributed by atoms with Gasteiger partial charge >= 0.3 is 5.97 Å². The number of aromatic nitrogens is 2. The average Bonchev–Trinajstić information content (AvgIpc) is 2.01. The molecule has 1 rings (SSSR count). The lowest BCUT2D eigenvalue weighted by Gasteiger charge is -2.04. The normalized spacial score (nSPS) is 10.5. The number of aliphatic carboxylic acids is 1. The van der Waals surface area contributed by atoms with Crippen molar-refractivity contribution in [3.05, 3.63) is 23.8 Å². The van der Waals surface area contributed by atoms with Crippen molar-refractivity contribution in [3.8, 4) is 0 Å². The van der Waals surface area contributed by atoms with Crippen LogP contribution in [0, 0.1) is 5.92 Å². The Hall–Kier alpha value is -1.45. The van der Waals surface area contributed by atoms with Crippen molar-refractivity contribution in [1.29, 1.82) is 0 Å². The van der Waals surface area contributed by atoms with Gasteiger partial charge in [-0.3, -0.25) is 4.79 Å². The minimum atomic E-state index is -0.897. The van der Waals surface area contributed by atoms with Crippen LogP contribution in [0.15, 0.2) is 12.3 Å². The summed E-state index contributed by atoms with van der Waals surface area (Å²) in [6, 6.07) is 1.82. The molecule has 0 fully saturated rings. The van der Waals surface area contributed by atoms with Gasteiger partial charge in [-0.1, -0.05) is 13.8 Å². The molecule has 1 aromatic heterocycles. The highest BCUT2D eigenvalue weighted by Crippen LogP contribution is 2.04. The van der Waals surface area contributed by atoms with Crippen LogP contribution in [-0.2, 0) is 17.6 Å². The summed E-state index contributed by atoms with van der Waals surface area (Å²) in [5.41, 5.74) is 0.909. The van der Waals surface area contributed by atoms with Crippen molar-refractivity contribution in [2.75, 3.05) is 0 Å². The third kappa shape index (κ3) is 3.51. The Morgan fingerprint density at radius 2 is 2.29 bits per heavy atom. The van der Waals surface area contributed by atoms with Crippen LogP contribution in [0.25, 0.3) is 0 Å². The van der Waals surface area contributed by atoms with Gasteiger partial charge in [0.1, 0.15) is 12.2 Å². The molecule has 0 aliphatic heterocycles. The molecule has 1 N–H and O–H groups in total. The first-order valence-corrected chi connectivity index (χ1v) is 4.60. The van der Waals surface area contributed by atoms with E-state index in [1.165, 1.54) is 0 Å². The molecule has 0 amide bonds. The van der Waals surface area contributed by atoms with Gasteiger partial charge in [-0.15, -0.1) is 0 Å². The lowest BCUT2D eigenvalue weighted by atomic mass is 10.1. The second-order valence-electron chi connectivity index (χ2n) is 3.63. The van der Waals surface area contributed by atoms with Gasteiger partial charge < -0.3 is 5.11 Å². The van der Waals surface area contributed by atoms with Gasteiger partial charge in [-0.25, -0.2) is 9.97 Å². The zero-order valence-electron chi connectivity index (χ0n) is 8.40. The second-order valence-corrected chi connectivity index (χ2v) is 3.63. The van der Waals surface area contributed by atoms with Gasteiger partial charge in [0.25, 0.3) is 0 Å². The van der Waals surface area contributed by atoms with Crippen molar-refractivity contribution in [2.24, 2.45) is 5.92 Å². The first-order chi connectivity index (χ1) is 6.58. The Balaban J connectivity index is 2.73. The Morgan fingerprint density at radius 1 is 1.57 bits per heavy atom. The SMILES string of the molecule is CC(C)Cc1ccnc(CC(=O)O)n1. The van der Waals surface area contributed by atoms with Gasteiger partial charge in [0.05, 0.1) is 0 Å². The number of carboxylic acid groups (broad SMARTS) is 1. The lowest BCUT2D eigenvalue weighted by Crippen LogP contribution is -2.07. The van der Waals surface area contributed by atoms with Crippen molar-refractivity contribution in [1.82, 2.24) is 9.97 Å². The van der Waals surface area contributed by atoms with Crippen LogP contribution in [0.4, 0.5) is 0 Å². The molecule has 0 aliphatic rings. The van der Waals surface area contributed by atoms with Crippen LogP contribution in [0.3, 0.4) is 0 Å². The smallest absolute Gasteiger partial charge is 0.311 e. The molecule has 4 heteroatoms. The average molecular weight is 194 g/mol. The number of hydrogen-bond acceptors (Lipinski definition) is 3. The highest BCUT2D eigenvalue weighted by Gasteiger charge is 2.05. The third-order valence-corrected chi connectivity index (χ3v) is 1.69. The van der Waals surface area contributed by atoms with E-state index < -0.39 is 5.97 Å². The maximum atomic E-state index is 10.4. The number of rotatable bonds is 4. The highest BCUT2D eigenvalue weighted by atomic mass is 16.4. The summed E-state index contributed by atoms with van der Waals surface area (Å²) >= 11 is 0. The van der Waals surface area contributed by atoms with E-state index in [0.29, 0.717) is 11.7 Å². The summed E-state index contributed by atoms with van der Waals surface area (Å²) in [4.78, 5) is 18.5. The predicted molar refractivity (Wildman–Crippen MR) is 51.9 cm³/mol. The summed E-state index contributed by atoms with van der Waals surface area (Å²) in [5.74, 6) is 0.00456. The molecule has 1 aromatic rings. The molecule has 0 unspecified atom stereocenters. The van der Waals surface area contributed by atoms with Gasteiger partial charge in [-0.05, 0) is 18.4 Å². The Morgan fingerprint density at radius 3 is 2.86 bits per heavy atom. The Kier molecular flexibility index (Phi) is 3.56. The number of carbonyl (C=O) groups is 1. The summed E-state index contributed by atoms with van der Waals surface area (Å²) in [5, 5.41) is 8.56. The van der Waals surface area contributed by atoms with Gasteiger partial charge in [0.15, 0.2) is 0 Å². The maximum absolute atomic E-state index is 10.4. The van der Waals surface area contributed by atoms with Gasteiger partial charge in [-0.2, -0.15) is 0 Å². The molecule has 0 radical (unpaired) electrons. The quantitative estimate of drug-likeness (QED) is 0.784. The molecule has 76 valence electrons. The highest BCUT2D eigenvalue weighted by molar-refractivity contribution is 5.68. The van der Waals surface area contributed by atoms with E-state index in [2.05, 4.69) is 23.8 Å². The second kappa shape index (κ2) is 4.69. The summed E-state index contributed by atoms with van der Waals surface area (Å²) in [6.45, 7) is 4.19. The van der Waals surface area contributed by atoms with E-state index in [4.69, 9.17) is 5.11 Å². The van der Waals surface area contributed by atoms with Crippen molar-refractivity contribution < 1.29 is 9.90 Å².